The van der Waals surface area contributed by atoms with E-state index in [4.69, 9.17) is 0 Å². The summed E-state index contributed by atoms with van der Waals surface area (Å²) in [5.74, 6) is -0.0260. The number of thiazole rings is 1. The highest BCUT2D eigenvalue weighted by Crippen LogP contribution is 2.31. The van der Waals surface area contributed by atoms with Gasteiger partial charge < -0.3 is 4.90 Å². The first-order valence-electron chi connectivity index (χ1n) is 6.13. The molecule has 0 aliphatic carbocycles. The first-order chi connectivity index (χ1) is 8.76. The number of nitrogens with zero attached hydrogens (tertiary/aromatic N) is 2. The maximum Gasteiger partial charge on any atom is 0.186 e. The summed E-state index contributed by atoms with van der Waals surface area (Å²) in [4.78, 5) is 6.69. The van der Waals surface area contributed by atoms with Crippen molar-refractivity contribution < 1.29 is 8.78 Å². The maximum absolute atomic E-state index is 13.1. The summed E-state index contributed by atoms with van der Waals surface area (Å²) >= 11 is 1.51. The van der Waals surface area contributed by atoms with Gasteiger partial charge in [0, 0.05) is 13.1 Å². The standard InChI is InChI=1S/C13H14F2N2S/c14-8-9-3-5-17(6-4-9)13-16-11-2-1-10(15)7-12(11)18-13/h1-2,7,9H,3-6,8H2. The van der Waals surface area contributed by atoms with Crippen molar-refractivity contribution in [3.63, 3.8) is 0 Å². The van der Waals surface area contributed by atoms with Crippen LogP contribution >= 0.6 is 11.3 Å². The molecule has 0 spiro atoms. The van der Waals surface area contributed by atoms with Gasteiger partial charge in [0.1, 0.15) is 5.82 Å². The average molecular weight is 268 g/mol. The minimum atomic E-state index is -0.228. The second-order valence-corrected chi connectivity index (χ2v) is 5.70. The van der Waals surface area contributed by atoms with Crippen molar-refractivity contribution in [2.45, 2.75) is 12.8 Å². The Labute approximate surface area is 108 Å². The number of aromatic nitrogens is 1. The lowest BCUT2D eigenvalue weighted by molar-refractivity contribution is 0.307. The molecule has 0 saturated carbocycles. The van der Waals surface area contributed by atoms with E-state index in [9.17, 15) is 8.78 Å². The lowest BCUT2D eigenvalue weighted by Gasteiger charge is -2.30. The predicted molar refractivity (Wildman–Crippen MR) is 70.5 cm³/mol. The summed E-state index contributed by atoms with van der Waals surface area (Å²) in [7, 11) is 0. The van der Waals surface area contributed by atoms with E-state index >= 15 is 0 Å². The van der Waals surface area contributed by atoms with Crippen LogP contribution in [0.15, 0.2) is 18.2 Å². The molecular weight excluding hydrogens is 254 g/mol. The number of halogens is 2. The molecule has 0 bridgehead atoms. The van der Waals surface area contributed by atoms with Crippen LogP contribution in [-0.4, -0.2) is 24.7 Å². The number of piperidine rings is 1. The molecule has 1 saturated heterocycles. The summed E-state index contributed by atoms with van der Waals surface area (Å²) in [6.45, 7) is 1.46. The van der Waals surface area contributed by atoms with Crippen LogP contribution in [0.5, 0.6) is 0 Å². The van der Waals surface area contributed by atoms with Gasteiger partial charge in [-0.25, -0.2) is 9.37 Å². The van der Waals surface area contributed by atoms with E-state index in [1.165, 1.54) is 23.5 Å². The molecule has 1 aliphatic heterocycles. The van der Waals surface area contributed by atoms with Crippen LogP contribution in [0.3, 0.4) is 0 Å². The normalized spacial score (nSPS) is 17.6. The van der Waals surface area contributed by atoms with Gasteiger partial charge in [-0.15, -0.1) is 0 Å². The topological polar surface area (TPSA) is 16.1 Å². The minimum absolute atomic E-state index is 0.202. The van der Waals surface area contributed by atoms with Gasteiger partial charge in [0.2, 0.25) is 0 Å². The van der Waals surface area contributed by atoms with Gasteiger partial charge in [-0.3, -0.25) is 4.39 Å². The molecule has 96 valence electrons. The number of fused-ring (bicyclic) bond motifs is 1. The maximum atomic E-state index is 13.1. The van der Waals surface area contributed by atoms with E-state index in [0.29, 0.717) is 0 Å². The van der Waals surface area contributed by atoms with Gasteiger partial charge in [-0.1, -0.05) is 11.3 Å². The van der Waals surface area contributed by atoms with Gasteiger partial charge in [-0.2, -0.15) is 0 Å². The van der Waals surface area contributed by atoms with E-state index in [2.05, 4.69) is 9.88 Å². The molecule has 0 unspecified atom stereocenters. The Morgan fingerprint density at radius 1 is 1.33 bits per heavy atom. The van der Waals surface area contributed by atoms with Gasteiger partial charge in [-0.05, 0) is 37.0 Å². The largest absolute Gasteiger partial charge is 0.348 e. The van der Waals surface area contributed by atoms with Gasteiger partial charge in [0.25, 0.3) is 0 Å². The molecule has 3 rings (SSSR count). The minimum Gasteiger partial charge on any atom is -0.348 e. The van der Waals surface area contributed by atoms with Crippen LogP contribution in [0, 0.1) is 11.7 Å². The molecule has 2 nitrogen and oxygen atoms in total. The molecule has 1 aromatic heterocycles. The van der Waals surface area contributed by atoms with E-state index in [-0.39, 0.29) is 18.4 Å². The van der Waals surface area contributed by atoms with Gasteiger partial charge >= 0.3 is 0 Å². The highest BCUT2D eigenvalue weighted by molar-refractivity contribution is 7.22. The predicted octanol–water partition coefficient (Wildman–Crippen LogP) is 3.62. The van der Waals surface area contributed by atoms with Crippen LogP contribution in [0.25, 0.3) is 10.2 Å². The molecule has 0 atom stereocenters. The van der Waals surface area contributed by atoms with E-state index < -0.39 is 0 Å². The second-order valence-electron chi connectivity index (χ2n) is 4.69. The van der Waals surface area contributed by atoms with Crippen LogP contribution in [0.4, 0.5) is 13.9 Å². The zero-order valence-corrected chi connectivity index (χ0v) is 10.7. The van der Waals surface area contributed by atoms with Crippen molar-refractivity contribution in [3.8, 4) is 0 Å². The van der Waals surface area contributed by atoms with Crippen molar-refractivity contribution in [2.75, 3.05) is 24.7 Å². The second kappa shape index (κ2) is 4.80. The molecular formula is C13H14F2N2S. The van der Waals surface area contributed by atoms with Crippen LogP contribution in [-0.2, 0) is 0 Å². The third-order valence-electron chi connectivity index (χ3n) is 3.44. The fourth-order valence-electron chi connectivity index (χ4n) is 2.30. The lowest BCUT2D eigenvalue weighted by atomic mass is 9.99. The number of alkyl halides is 1. The summed E-state index contributed by atoms with van der Waals surface area (Å²) in [5, 5.41) is 0.924. The van der Waals surface area contributed by atoms with Crippen LogP contribution < -0.4 is 4.90 Å². The smallest absolute Gasteiger partial charge is 0.186 e. The zero-order valence-electron chi connectivity index (χ0n) is 9.90. The number of rotatable bonds is 2. The van der Waals surface area contributed by atoms with Crippen molar-refractivity contribution in [3.05, 3.63) is 24.0 Å². The monoisotopic (exact) mass is 268 g/mol. The first-order valence-corrected chi connectivity index (χ1v) is 6.95. The van der Waals surface area contributed by atoms with Crippen molar-refractivity contribution in [2.24, 2.45) is 5.92 Å². The Morgan fingerprint density at radius 3 is 2.83 bits per heavy atom. The van der Waals surface area contributed by atoms with Crippen molar-refractivity contribution in [1.29, 1.82) is 0 Å². The Hall–Kier alpha value is -1.23. The molecule has 5 heteroatoms. The summed E-state index contributed by atoms with van der Waals surface area (Å²) in [6.07, 6.45) is 1.75. The molecule has 2 heterocycles. The molecule has 0 N–H and O–H groups in total. The van der Waals surface area contributed by atoms with Crippen LogP contribution in [0.2, 0.25) is 0 Å². The zero-order chi connectivity index (χ0) is 12.5. The molecule has 18 heavy (non-hydrogen) atoms. The number of benzene rings is 1. The molecule has 1 fully saturated rings. The third-order valence-corrected chi connectivity index (χ3v) is 4.52. The lowest BCUT2D eigenvalue weighted by Crippen LogP contribution is -2.34. The molecule has 0 radical (unpaired) electrons. The van der Waals surface area contributed by atoms with Crippen molar-refractivity contribution >= 4 is 26.7 Å². The summed E-state index contributed by atoms with van der Waals surface area (Å²) in [6, 6.07) is 4.66. The summed E-state index contributed by atoms with van der Waals surface area (Å²) in [5.41, 5.74) is 0.837. The SMILES string of the molecule is FCC1CCN(c2nc3ccc(F)cc3s2)CC1. The molecule has 0 amide bonds. The Balaban J connectivity index is 1.82. The Bertz CT molecular complexity index is 547. The number of anilines is 1. The molecule has 1 aromatic carbocycles. The van der Waals surface area contributed by atoms with E-state index in [1.807, 2.05) is 0 Å². The quantitative estimate of drug-likeness (QED) is 0.827. The van der Waals surface area contributed by atoms with E-state index in [1.54, 1.807) is 6.07 Å². The fourth-order valence-corrected chi connectivity index (χ4v) is 3.34. The highest BCUT2D eigenvalue weighted by Gasteiger charge is 2.21. The fraction of sp³-hybridized carbons (Fsp3) is 0.462. The van der Waals surface area contributed by atoms with E-state index in [0.717, 1.165) is 41.3 Å². The first kappa shape index (κ1) is 11.8. The average Bonchev–Trinajstić information content (AvgIpc) is 2.81. The molecule has 2 aromatic rings. The molecule has 1 aliphatic rings. The van der Waals surface area contributed by atoms with Gasteiger partial charge in [0.05, 0.1) is 16.9 Å². The highest BCUT2D eigenvalue weighted by atomic mass is 32.1. The van der Waals surface area contributed by atoms with Crippen molar-refractivity contribution in [1.82, 2.24) is 4.98 Å². The summed E-state index contributed by atoms with van der Waals surface area (Å²) < 4.78 is 26.5. The Kier molecular flexibility index (Phi) is 3.16. The van der Waals surface area contributed by atoms with Gasteiger partial charge in [0.15, 0.2) is 5.13 Å². The number of hydrogen-bond acceptors (Lipinski definition) is 3. The van der Waals surface area contributed by atoms with Crippen LogP contribution in [0.1, 0.15) is 12.8 Å². The third kappa shape index (κ3) is 2.19. The Morgan fingerprint density at radius 2 is 2.11 bits per heavy atom. The number of hydrogen-bond donors (Lipinski definition) is 0.